The highest BCUT2D eigenvalue weighted by atomic mass is 32.2. The molecule has 1 aromatic rings. The molecule has 0 aliphatic rings. The molecule has 0 saturated heterocycles. The number of Topliss-reactive ketones (excluding diaryl/α,β-unsaturated/α-hetero) is 1. The van der Waals surface area contributed by atoms with Gasteiger partial charge in [0.1, 0.15) is 10.7 Å². The van der Waals surface area contributed by atoms with Crippen molar-refractivity contribution in [3.05, 3.63) is 16.1 Å². The molecule has 7 heteroatoms. The van der Waals surface area contributed by atoms with Gasteiger partial charge in [-0.3, -0.25) is 4.79 Å². The number of nitrogens with two attached hydrogens (primary N) is 1. The van der Waals surface area contributed by atoms with Crippen LogP contribution in [-0.4, -0.2) is 30.2 Å². The van der Waals surface area contributed by atoms with E-state index in [1.807, 2.05) is 0 Å². The zero-order valence-corrected chi connectivity index (χ0v) is 11.5. The number of thiazole rings is 1. The van der Waals surface area contributed by atoms with Crippen LogP contribution in [0.25, 0.3) is 0 Å². The lowest BCUT2D eigenvalue weighted by Gasteiger charge is -2.05. The van der Waals surface area contributed by atoms with E-state index in [1.54, 1.807) is 19.2 Å². The minimum atomic E-state index is -3.17. The summed E-state index contributed by atoms with van der Waals surface area (Å²) in [7, 11) is -3.17. The first-order valence-corrected chi connectivity index (χ1v) is 7.85. The number of carbonyl (C=O) groups excluding carboxylic acids is 1. The lowest BCUT2D eigenvalue weighted by atomic mass is 10.2. The molecule has 2 N–H and O–H groups in total. The van der Waals surface area contributed by atoms with Crippen molar-refractivity contribution in [1.29, 1.82) is 0 Å². The summed E-state index contributed by atoms with van der Waals surface area (Å²) in [6, 6.07) is 0. The molecule has 0 spiro atoms. The molecular formula is C10H16N2O3S2. The zero-order valence-electron chi connectivity index (χ0n) is 9.84. The third-order valence-corrected chi connectivity index (χ3v) is 5.42. The summed E-state index contributed by atoms with van der Waals surface area (Å²) in [6.07, 6.45) is -0.0196. The van der Waals surface area contributed by atoms with Gasteiger partial charge in [0.05, 0.1) is 11.0 Å². The van der Waals surface area contributed by atoms with Crippen molar-refractivity contribution >= 4 is 27.0 Å². The van der Waals surface area contributed by atoms with E-state index in [4.69, 9.17) is 5.73 Å². The summed E-state index contributed by atoms with van der Waals surface area (Å²) in [6.45, 7) is 3.51. The molecule has 1 rings (SSSR count). The summed E-state index contributed by atoms with van der Waals surface area (Å²) in [5.74, 6) is -0.371. The predicted molar refractivity (Wildman–Crippen MR) is 67.9 cm³/mol. The number of ketones is 1. The van der Waals surface area contributed by atoms with E-state index >= 15 is 0 Å². The second kappa shape index (κ2) is 5.70. The van der Waals surface area contributed by atoms with Crippen LogP contribution in [0.2, 0.25) is 0 Å². The van der Waals surface area contributed by atoms with Crippen molar-refractivity contribution in [2.24, 2.45) is 5.73 Å². The van der Waals surface area contributed by atoms with Crippen LogP contribution in [0.5, 0.6) is 0 Å². The van der Waals surface area contributed by atoms with Crippen molar-refractivity contribution in [3.63, 3.8) is 0 Å². The van der Waals surface area contributed by atoms with E-state index in [0.717, 1.165) is 0 Å². The molecule has 1 heterocycles. The Morgan fingerprint density at radius 1 is 1.53 bits per heavy atom. The minimum absolute atomic E-state index is 0.0196. The molecule has 96 valence electrons. The summed E-state index contributed by atoms with van der Waals surface area (Å²) < 4.78 is 23.1. The first-order chi connectivity index (χ1) is 7.86. The van der Waals surface area contributed by atoms with Crippen molar-refractivity contribution < 1.29 is 13.2 Å². The monoisotopic (exact) mass is 276 g/mol. The summed E-state index contributed by atoms with van der Waals surface area (Å²) in [5.41, 5.74) is 5.70. The van der Waals surface area contributed by atoms with E-state index in [0.29, 0.717) is 17.2 Å². The third kappa shape index (κ3) is 3.86. The summed E-state index contributed by atoms with van der Waals surface area (Å²) in [5, 5.41) is 1.84. The Hall–Kier alpha value is -0.790. The quantitative estimate of drug-likeness (QED) is 0.783. The van der Waals surface area contributed by atoms with E-state index < -0.39 is 15.1 Å². The van der Waals surface area contributed by atoms with Crippen LogP contribution in [0.4, 0.5) is 0 Å². The van der Waals surface area contributed by atoms with Crippen molar-refractivity contribution in [2.45, 2.75) is 32.1 Å². The third-order valence-electron chi connectivity index (χ3n) is 2.34. The Balaban J connectivity index is 2.62. The molecule has 0 saturated carbocycles. The van der Waals surface area contributed by atoms with Gasteiger partial charge < -0.3 is 5.73 Å². The minimum Gasteiger partial charge on any atom is -0.325 e. The molecule has 17 heavy (non-hydrogen) atoms. The van der Waals surface area contributed by atoms with Gasteiger partial charge in [0.2, 0.25) is 0 Å². The fourth-order valence-corrected chi connectivity index (χ4v) is 2.75. The highest BCUT2D eigenvalue weighted by Gasteiger charge is 2.19. The molecule has 0 aliphatic carbocycles. The maximum Gasteiger partial charge on any atom is 0.183 e. The van der Waals surface area contributed by atoms with Crippen molar-refractivity contribution in [3.8, 4) is 0 Å². The smallest absolute Gasteiger partial charge is 0.183 e. The van der Waals surface area contributed by atoms with Crippen LogP contribution in [0.3, 0.4) is 0 Å². The molecule has 0 radical (unpaired) electrons. The Labute approximate surface area is 105 Å². The van der Waals surface area contributed by atoms with Crippen molar-refractivity contribution in [2.75, 3.05) is 5.75 Å². The van der Waals surface area contributed by atoms with Gasteiger partial charge >= 0.3 is 0 Å². The van der Waals surface area contributed by atoms with E-state index in [-0.39, 0.29) is 18.0 Å². The van der Waals surface area contributed by atoms with Gasteiger partial charge in [0.15, 0.2) is 15.6 Å². The standard InChI is InChI=1S/C10H16N2O3S2/c1-7(2)17(14,15)4-3-9(13)8-6-16-10(5-11)12-8/h6-7H,3-5,11H2,1-2H3. The number of carbonyl (C=O) groups is 1. The predicted octanol–water partition coefficient (Wildman–Crippen LogP) is 0.998. The number of aromatic nitrogens is 1. The SMILES string of the molecule is CC(C)S(=O)(=O)CCC(=O)c1csc(CN)n1. The summed E-state index contributed by atoms with van der Waals surface area (Å²) in [4.78, 5) is 15.7. The van der Waals surface area contributed by atoms with Crippen LogP contribution in [0, 0.1) is 0 Å². The number of hydrogen-bond donors (Lipinski definition) is 1. The van der Waals surface area contributed by atoms with Crippen LogP contribution in [0.15, 0.2) is 5.38 Å². The summed E-state index contributed by atoms with van der Waals surface area (Å²) >= 11 is 1.31. The highest BCUT2D eigenvalue weighted by Crippen LogP contribution is 2.12. The number of nitrogens with zero attached hydrogens (tertiary/aromatic N) is 1. The van der Waals surface area contributed by atoms with Crippen LogP contribution in [0.1, 0.15) is 35.8 Å². The molecule has 0 fully saturated rings. The maximum absolute atomic E-state index is 11.7. The van der Waals surface area contributed by atoms with E-state index in [9.17, 15) is 13.2 Å². The molecule has 0 unspecified atom stereocenters. The highest BCUT2D eigenvalue weighted by molar-refractivity contribution is 7.91. The van der Waals surface area contributed by atoms with Crippen LogP contribution < -0.4 is 5.73 Å². The first-order valence-electron chi connectivity index (χ1n) is 5.26. The van der Waals surface area contributed by atoms with Gasteiger partial charge in [0.25, 0.3) is 0 Å². The number of sulfone groups is 1. The Kier molecular flexibility index (Phi) is 4.79. The molecule has 0 amide bonds. The molecule has 0 aliphatic heterocycles. The average Bonchev–Trinajstić information content (AvgIpc) is 2.74. The Bertz CT molecular complexity index is 491. The fraction of sp³-hybridized carbons (Fsp3) is 0.600. The maximum atomic E-state index is 11.7. The number of rotatable bonds is 6. The normalized spacial score (nSPS) is 12.0. The van der Waals surface area contributed by atoms with E-state index in [2.05, 4.69) is 4.98 Å². The van der Waals surface area contributed by atoms with Gasteiger partial charge in [0, 0.05) is 18.3 Å². The molecular weight excluding hydrogens is 260 g/mol. The number of hydrogen-bond acceptors (Lipinski definition) is 6. The Morgan fingerprint density at radius 3 is 2.65 bits per heavy atom. The lowest BCUT2D eigenvalue weighted by molar-refractivity contribution is 0.0984. The molecule has 1 aromatic heterocycles. The fourth-order valence-electron chi connectivity index (χ4n) is 1.13. The molecule has 0 bridgehead atoms. The average molecular weight is 276 g/mol. The van der Waals surface area contributed by atoms with Gasteiger partial charge in [-0.05, 0) is 13.8 Å². The second-order valence-corrected chi connectivity index (χ2v) is 7.54. The van der Waals surface area contributed by atoms with Gasteiger partial charge in [-0.25, -0.2) is 13.4 Å². The van der Waals surface area contributed by atoms with Gasteiger partial charge in [-0.15, -0.1) is 11.3 Å². The molecule has 0 aromatic carbocycles. The second-order valence-electron chi connectivity index (χ2n) is 3.92. The van der Waals surface area contributed by atoms with Gasteiger partial charge in [-0.1, -0.05) is 0 Å². The van der Waals surface area contributed by atoms with Crippen LogP contribution >= 0.6 is 11.3 Å². The molecule has 0 atom stereocenters. The zero-order chi connectivity index (χ0) is 13.1. The molecule has 5 nitrogen and oxygen atoms in total. The lowest BCUT2D eigenvalue weighted by Crippen LogP contribution is -2.20. The topological polar surface area (TPSA) is 90.1 Å². The Morgan fingerprint density at radius 2 is 2.18 bits per heavy atom. The van der Waals surface area contributed by atoms with Crippen LogP contribution in [-0.2, 0) is 16.4 Å². The van der Waals surface area contributed by atoms with Crippen molar-refractivity contribution in [1.82, 2.24) is 4.98 Å². The first kappa shape index (κ1) is 14.3. The largest absolute Gasteiger partial charge is 0.325 e. The van der Waals surface area contributed by atoms with Gasteiger partial charge in [-0.2, -0.15) is 0 Å². The van der Waals surface area contributed by atoms with E-state index in [1.165, 1.54) is 11.3 Å².